The summed E-state index contributed by atoms with van der Waals surface area (Å²) in [4.78, 5) is 23.7. The summed E-state index contributed by atoms with van der Waals surface area (Å²) in [5.41, 5.74) is -1.28. The minimum Gasteiger partial charge on any atom is -0.467 e. The van der Waals surface area contributed by atoms with Crippen molar-refractivity contribution >= 4 is 40.7 Å². The average molecular weight is 428 g/mol. The highest BCUT2D eigenvalue weighted by Crippen LogP contribution is 2.24. The molecule has 0 saturated heterocycles. The van der Waals surface area contributed by atoms with Gasteiger partial charge in [-0.1, -0.05) is 11.3 Å². The van der Waals surface area contributed by atoms with E-state index >= 15 is 0 Å². The van der Waals surface area contributed by atoms with E-state index in [1.54, 1.807) is 0 Å². The fraction of sp³-hybridized carbons (Fsp3) is 0.231. The molecular weight excluding hydrogens is 419 g/mol. The molecule has 0 radical (unpaired) electrons. The molecule has 2 aromatic rings. The summed E-state index contributed by atoms with van der Waals surface area (Å²) in [6.07, 6.45) is -1.05. The van der Waals surface area contributed by atoms with E-state index < -0.39 is 59.1 Å². The topological polar surface area (TPSA) is 96.1 Å². The Morgan fingerprint density at radius 3 is 2.19 bits per heavy atom. The third kappa shape index (κ3) is 4.57. The number of methoxy groups -OCH3 is 1. The number of esters is 1. The number of halogens is 5. The van der Waals surface area contributed by atoms with Crippen molar-refractivity contribution in [3.63, 3.8) is 0 Å². The van der Waals surface area contributed by atoms with Gasteiger partial charge in [-0.2, -0.15) is 0 Å². The van der Waals surface area contributed by atoms with Crippen molar-refractivity contribution in [3.8, 4) is 0 Å². The molecule has 146 valence electrons. The fourth-order valence-electron chi connectivity index (χ4n) is 1.94. The van der Waals surface area contributed by atoms with Gasteiger partial charge in [0.1, 0.15) is 6.04 Å². The van der Waals surface area contributed by atoms with E-state index in [-0.39, 0.29) is 9.09 Å². The lowest BCUT2D eigenvalue weighted by Crippen LogP contribution is -2.45. The molecule has 27 heavy (non-hydrogen) atoms. The van der Waals surface area contributed by atoms with Crippen molar-refractivity contribution in [2.45, 2.75) is 12.5 Å². The second-order valence-corrected chi connectivity index (χ2v) is 6.51. The van der Waals surface area contributed by atoms with Gasteiger partial charge < -0.3 is 10.1 Å². The molecule has 0 fully saturated rings. The quantitative estimate of drug-likeness (QED) is 0.224. The number of amides is 2. The lowest BCUT2D eigenvalue weighted by atomic mass is 10.0. The molecule has 1 heterocycles. The third-order valence-corrected chi connectivity index (χ3v) is 4.16. The van der Waals surface area contributed by atoms with Gasteiger partial charge in [0.05, 0.1) is 7.11 Å². The summed E-state index contributed by atoms with van der Waals surface area (Å²) in [6, 6.07) is -2.80. The van der Waals surface area contributed by atoms with Crippen molar-refractivity contribution in [2.75, 3.05) is 12.4 Å². The zero-order chi connectivity index (χ0) is 20.3. The predicted molar refractivity (Wildman–Crippen MR) is 85.2 cm³/mol. The van der Waals surface area contributed by atoms with Crippen LogP contribution in [0.15, 0.2) is 0 Å². The Labute approximate surface area is 156 Å². The van der Waals surface area contributed by atoms with Crippen molar-refractivity contribution in [1.29, 1.82) is 0 Å². The van der Waals surface area contributed by atoms with Gasteiger partial charge in [-0.15, -0.1) is 5.10 Å². The Morgan fingerprint density at radius 1 is 1.15 bits per heavy atom. The van der Waals surface area contributed by atoms with Crippen LogP contribution in [0.5, 0.6) is 0 Å². The van der Waals surface area contributed by atoms with Gasteiger partial charge in [0.15, 0.2) is 27.2 Å². The second-order valence-electron chi connectivity index (χ2n) is 4.85. The molecule has 14 heteroatoms. The first-order valence-electron chi connectivity index (χ1n) is 6.86. The maximum atomic E-state index is 13.8. The number of ether oxygens (including phenoxy) is 1. The molecule has 1 aromatic carbocycles. The molecule has 0 aliphatic heterocycles. The smallest absolute Gasteiger partial charge is 0.328 e. The Balaban J connectivity index is 2.26. The standard InChI is InChI=1S/C13H9F5N4O3S2/c1-25-10(23)4(19-11(24)20-12-21-22-13(26)27-12)2-3-5(14)7(16)9(18)8(17)6(3)15/h4H,2H2,1H3,(H,22,26)(H2,19,20,21,24)/t4-/m0/s1. The Morgan fingerprint density at radius 2 is 1.70 bits per heavy atom. The van der Waals surface area contributed by atoms with Crippen molar-refractivity contribution in [3.05, 3.63) is 38.6 Å². The monoisotopic (exact) mass is 428 g/mol. The molecule has 7 nitrogen and oxygen atoms in total. The lowest BCUT2D eigenvalue weighted by Gasteiger charge is -2.17. The molecular formula is C13H9F5N4O3S2. The van der Waals surface area contributed by atoms with Crippen LogP contribution in [0, 0.1) is 33.0 Å². The molecule has 0 aliphatic carbocycles. The summed E-state index contributed by atoms with van der Waals surface area (Å²) in [7, 11) is 0.909. The normalized spacial score (nSPS) is 11.8. The van der Waals surface area contributed by atoms with Gasteiger partial charge in [0.25, 0.3) is 0 Å². The first kappa shape index (κ1) is 20.7. The molecule has 3 N–H and O–H groups in total. The predicted octanol–water partition coefficient (Wildman–Crippen LogP) is 2.80. The summed E-state index contributed by atoms with van der Waals surface area (Å²) in [5.74, 6) is -12.1. The summed E-state index contributed by atoms with van der Waals surface area (Å²) >= 11 is 5.62. The molecule has 0 unspecified atom stereocenters. The first-order chi connectivity index (χ1) is 12.6. The van der Waals surface area contributed by atoms with Crippen LogP contribution >= 0.6 is 23.6 Å². The number of hydrogen-bond donors (Lipinski definition) is 3. The third-order valence-electron chi connectivity index (χ3n) is 3.16. The first-order valence-corrected chi connectivity index (χ1v) is 8.09. The van der Waals surface area contributed by atoms with Crippen LogP contribution in [0.2, 0.25) is 0 Å². The molecule has 0 spiro atoms. The second kappa shape index (κ2) is 8.39. The number of nitrogens with zero attached hydrogens (tertiary/aromatic N) is 1. The molecule has 2 rings (SSSR count). The highest BCUT2D eigenvalue weighted by atomic mass is 32.1. The Hall–Kier alpha value is -2.61. The number of benzene rings is 1. The van der Waals surface area contributed by atoms with Gasteiger partial charge in [-0.05, 0) is 12.2 Å². The number of aromatic nitrogens is 2. The number of anilines is 1. The summed E-state index contributed by atoms with van der Waals surface area (Å²) in [5, 5.41) is 10.2. The largest absolute Gasteiger partial charge is 0.467 e. The Bertz CT molecular complexity index is 920. The minimum atomic E-state index is -2.34. The fourth-order valence-corrected chi connectivity index (χ4v) is 2.73. The number of H-pyrrole nitrogens is 1. The van der Waals surface area contributed by atoms with E-state index in [0.717, 1.165) is 18.4 Å². The number of nitrogens with one attached hydrogen (secondary N) is 3. The van der Waals surface area contributed by atoms with Crippen molar-refractivity contribution in [1.82, 2.24) is 15.5 Å². The molecule has 1 atom stereocenters. The van der Waals surface area contributed by atoms with Gasteiger partial charge >= 0.3 is 12.0 Å². The van der Waals surface area contributed by atoms with Gasteiger partial charge in [-0.25, -0.2) is 31.5 Å². The van der Waals surface area contributed by atoms with E-state index in [1.165, 1.54) is 0 Å². The van der Waals surface area contributed by atoms with E-state index in [9.17, 15) is 31.5 Å². The molecule has 0 saturated carbocycles. The number of carbonyl (C=O) groups excluding carboxylic acids is 2. The number of aromatic amines is 1. The van der Waals surface area contributed by atoms with E-state index in [0.29, 0.717) is 0 Å². The minimum absolute atomic E-state index is 0.0114. The highest BCUT2D eigenvalue weighted by molar-refractivity contribution is 7.73. The van der Waals surface area contributed by atoms with Gasteiger partial charge in [0.2, 0.25) is 10.9 Å². The van der Waals surface area contributed by atoms with Gasteiger partial charge in [-0.3, -0.25) is 10.4 Å². The van der Waals surface area contributed by atoms with Crippen LogP contribution in [-0.2, 0) is 16.0 Å². The summed E-state index contributed by atoms with van der Waals surface area (Å²) < 4.78 is 71.9. The van der Waals surface area contributed by atoms with Crippen LogP contribution in [0.3, 0.4) is 0 Å². The maximum Gasteiger partial charge on any atom is 0.328 e. The molecule has 2 amide bonds. The highest BCUT2D eigenvalue weighted by Gasteiger charge is 2.31. The van der Waals surface area contributed by atoms with E-state index in [4.69, 9.17) is 12.2 Å². The summed E-state index contributed by atoms with van der Waals surface area (Å²) in [6.45, 7) is 0. The van der Waals surface area contributed by atoms with Crippen molar-refractivity contribution < 1.29 is 36.3 Å². The van der Waals surface area contributed by atoms with Crippen LogP contribution in [0.1, 0.15) is 5.56 Å². The average Bonchev–Trinajstić information content (AvgIpc) is 3.04. The molecule has 1 aromatic heterocycles. The van der Waals surface area contributed by atoms with E-state index in [1.807, 2.05) is 5.32 Å². The Kier molecular flexibility index (Phi) is 6.43. The zero-order valence-electron chi connectivity index (χ0n) is 13.2. The van der Waals surface area contributed by atoms with Crippen LogP contribution in [0.25, 0.3) is 0 Å². The van der Waals surface area contributed by atoms with Gasteiger partial charge in [0, 0.05) is 12.0 Å². The van der Waals surface area contributed by atoms with E-state index in [2.05, 4.69) is 20.3 Å². The van der Waals surface area contributed by atoms with Crippen molar-refractivity contribution in [2.24, 2.45) is 0 Å². The molecule has 0 bridgehead atoms. The number of carbonyl (C=O) groups is 2. The lowest BCUT2D eigenvalue weighted by molar-refractivity contribution is -0.142. The number of urea groups is 1. The van der Waals surface area contributed by atoms with Crippen LogP contribution < -0.4 is 10.6 Å². The maximum absolute atomic E-state index is 13.8. The zero-order valence-corrected chi connectivity index (χ0v) is 14.8. The SMILES string of the molecule is COC(=O)[C@H](Cc1c(F)c(F)c(F)c(F)c1F)NC(=O)Nc1n[nH]c(=S)s1. The van der Waals surface area contributed by atoms with Crippen LogP contribution in [-0.4, -0.2) is 35.3 Å². The number of rotatable bonds is 5. The molecule has 0 aliphatic rings. The van der Waals surface area contributed by atoms with Crippen LogP contribution in [0.4, 0.5) is 31.9 Å². The number of hydrogen-bond acceptors (Lipinski definition) is 6.